The van der Waals surface area contributed by atoms with Gasteiger partial charge in [0.25, 0.3) is 0 Å². The van der Waals surface area contributed by atoms with Gasteiger partial charge in [-0.1, -0.05) is 29.8 Å². The van der Waals surface area contributed by atoms with Gasteiger partial charge in [0.15, 0.2) is 0 Å². The summed E-state index contributed by atoms with van der Waals surface area (Å²) >= 11 is 0. The molecule has 1 unspecified atom stereocenters. The Kier molecular flexibility index (Phi) is 2.60. The Morgan fingerprint density at radius 3 is 2.53 bits per heavy atom. The number of aliphatic hydroxyl groups is 1. The Morgan fingerprint density at radius 1 is 1.13 bits per heavy atom. The molecule has 1 N–H and O–H groups in total. The quantitative estimate of drug-likeness (QED) is 0.812. The average molecular weight is 202 g/mol. The van der Waals surface area contributed by atoms with Crippen LogP contribution in [0.2, 0.25) is 0 Å². The highest BCUT2D eigenvalue weighted by atomic mass is 16.3. The van der Waals surface area contributed by atoms with Gasteiger partial charge in [-0.05, 0) is 25.5 Å². The van der Waals surface area contributed by atoms with E-state index in [-0.39, 0.29) is 0 Å². The topological polar surface area (TPSA) is 33.4 Å². The monoisotopic (exact) mass is 202 g/mol. The first-order valence-corrected chi connectivity index (χ1v) is 4.96. The highest BCUT2D eigenvalue weighted by molar-refractivity contribution is 5.31. The molecule has 15 heavy (non-hydrogen) atoms. The molecule has 0 aliphatic rings. The van der Waals surface area contributed by atoms with E-state index in [1.165, 1.54) is 0 Å². The lowest BCUT2D eigenvalue weighted by molar-refractivity contribution is 0.219. The third-order valence-electron chi connectivity index (χ3n) is 2.42. The van der Waals surface area contributed by atoms with E-state index in [1.54, 1.807) is 6.26 Å². The molecule has 0 saturated heterocycles. The summed E-state index contributed by atoms with van der Waals surface area (Å²) in [6, 6.07) is 9.71. The Hall–Kier alpha value is -1.54. The number of benzene rings is 1. The van der Waals surface area contributed by atoms with Crippen LogP contribution in [0, 0.1) is 13.8 Å². The van der Waals surface area contributed by atoms with Gasteiger partial charge in [-0.25, -0.2) is 0 Å². The van der Waals surface area contributed by atoms with Crippen molar-refractivity contribution in [2.75, 3.05) is 0 Å². The second-order valence-corrected chi connectivity index (χ2v) is 3.81. The lowest BCUT2D eigenvalue weighted by Gasteiger charge is -2.08. The van der Waals surface area contributed by atoms with E-state index in [0.29, 0.717) is 0 Å². The van der Waals surface area contributed by atoms with Crippen LogP contribution in [0.15, 0.2) is 41.0 Å². The van der Waals surface area contributed by atoms with Crippen LogP contribution >= 0.6 is 0 Å². The molecule has 0 aliphatic carbocycles. The molecule has 0 fully saturated rings. The first kappa shape index (κ1) is 9.99. The van der Waals surface area contributed by atoms with Crippen LogP contribution in [0.4, 0.5) is 0 Å². The zero-order valence-corrected chi connectivity index (χ0v) is 8.90. The van der Waals surface area contributed by atoms with Crippen LogP contribution in [-0.4, -0.2) is 5.11 Å². The van der Waals surface area contributed by atoms with E-state index < -0.39 is 6.10 Å². The normalized spacial score (nSPS) is 12.7. The van der Waals surface area contributed by atoms with E-state index in [4.69, 9.17) is 4.42 Å². The highest BCUT2D eigenvalue weighted by Crippen LogP contribution is 2.23. The lowest BCUT2D eigenvalue weighted by Crippen LogP contribution is -1.97. The summed E-state index contributed by atoms with van der Waals surface area (Å²) in [5.41, 5.74) is 2.85. The summed E-state index contributed by atoms with van der Waals surface area (Å²) in [7, 11) is 0. The molecule has 2 heteroatoms. The second kappa shape index (κ2) is 3.91. The van der Waals surface area contributed by atoms with Crippen LogP contribution in [-0.2, 0) is 0 Å². The number of rotatable bonds is 2. The maximum atomic E-state index is 10.1. The van der Waals surface area contributed by atoms with E-state index >= 15 is 0 Å². The predicted molar refractivity (Wildman–Crippen MR) is 58.7 cm³/mol. The van der Waals surface area contributed by atoms with Crippen molar-refractivity contribution >= 4 is 0 Å². The van der Waals surface area contributed by atoms with E-state index in [9.17, 15) is 5.11 Å². The summed E-state index contributed by atoms with van der Waals surface area (Å²) in [6.07, 6.45) is 1.00. The van der Waals surface area contributed by atoms with Gasteiger partial charge in [-0.2, -0.15) is 0 Å². The molecule has 0 amide bonds. The first-order chi connectivity index (χ1) is 7.16. The standard InChI is InChI=1S/C13H14O2/c1-9-4-3-5-11(6-9)13(14)12-7-10(2)15-8-12/h3-8,13-14H,1-2H3. The van der Waals surface area contributed by atoms with Gasteiger partial charge in [0.2, 0.25) is 0 Å². The van der Waals surface area contributed by atoms with Crippen LogP contribution in [0.1, 0.15) is 28.6 Å². The van der Waals surface area contributed by atoms with Crippen molar-refractivity contribution < 1.29 is 9.52 Å². The molecule has 1 atom stereocenters. The summed E-state index contributed by atoms with van der Waals surface area (Å²) in [4.78, 5) is 0. The van der Waals surface area contributed by atoms with E-state index in [0.717, 1.165) is 22.5 Å². The Labute approximate surface area is 89.2 Å². The van der Waals surface area contributed by atoms with Gasteiger partial charge < -0.3 is 9.52 Å². The number of hydrogen-bond donors (Lipinski definition) is 1. The Bertz CT molecular complexity index is 457. The Balaban J connectivity index is 2.32. The number of hydrogen-bond acceptors (Lipinski definition) is 2. The van der Waals surface area contributed by atoms with Gasteiger partial charge in [0, 0.05) is 5.56 Å². The summed E-state index contributed by atoms with van der Waals surface area (Å²) in [5.74, 6) is 0.816. The average Bonchev–Trinajstić information content (AvgIpc) is 2.64. The highest BCUT2D eigenvalue weighted by Gasteiger charge is 2.12. The zero-order chi connectivity index (χ0) is 10.8. The third kappa shape index (κ3) is 2.10. The third-order valence-corrected chi connectivity index (χ3v) is 2.42. The van der Waals surface area contributed by atoms with Gasteiger partial charge in [-0.15, -0.1) is 0 Å². The SMILES string of the molecule is Cc1cccc(C(O)c2coc(C)c2)c1. The van der Waals surface area contributed by atoms with Crippen molar-refractivity contribution in [2.24, 2.45) is 0 Å². The first-order valence-electron chi connectivity index (χ1n) is 4.96. The molecule has 2 nitrogen and oxygen atoms in total. The fraction of sp³-hybridized carbons (Fsp3) is 0.231. The fourth-order valence-corrected chi connectivity index (χ4v) is 1.64. The second-order valence-electron chi connectivity index (χ2n) is 3.81. The van der Waals surface area contributed by atoms with Crippen molar-refractivity contribution in [1.29, 1.82) is 0 Å². The summed E-state index contributed by atoms with van der Waals surface area (Å²) in [5, 5.41) is 10.1. The van der Waals surface area contributed by atoms with Crippen LogP contribution in [0.5, 0.6) is 0 Å². The lowest BCUT2D eigenvalue weighted by atomic mass is 10.0. The predicted octanol–water partition coefficient (Wildman–Crippen LogP) is 2.98. The molecule has 78 valence electrons. The molecule has 0 aliphatic heterocycles. The Morgan fingerprint density at radius 2 is 1.93 bits per heavy atom. The van der Waals surface area contributed by atoms with Crippen LogP contribution in [0.25, 0.3) is 0 Å². The molecular weight excluding hydrogens is 188 g/mol. The summed E-state index contributed by atoms with van der Waals surface area (Å²) in [6.45, 7) is 3.88. The van der Waals surface area contributed by atoms with Gasteiger partial charge in [0.1, 0.15) is 11.9 Å². The molecule has 2 aromatic rings. The molecule has 0 saturated carbocycles. The number of aryl methyl sites for hydroxylation is 2. The molecule has 1 heterocycles. The van der Waals surface area contributed by atoms with Crippen LogP contribution in [0.3, 0.4) is 0 Å². The van der Waals surface area contributed by atoms with Crippen molar-refractivity contribution in [2.45, 2.75) is 20.0 Å². The molecule has 0 spiro atoms. The van der Waals surface area contributed by atoms with Gasteiger partial charge in [0.05, 0.1) is 6.26 Å². The molecule has 0 bridgehead atoms. The minimum atomic E-state index is -0.595. The summed E-state index contributed by atoms with van der Waals surface area (Å²) < 4.78 is 5.18. The zero-order valence-electron chi connectivity index (χ0n) is 8.90. The van der Waals surface area contributed by atoms with Crippen molar-refractivity contribution in [3.63, 3.8) is 0 Å². The van der Waals surface area contributed by atoms with E-state index in [1.807, 2.05) is 44.2 Å². The molecule has 2 rings (SSSR count). The maximum Gasteiger partial charge on any atom is 0.107 e. The van der Waals surface area contributed by atoms with Gasteiger partial charge in [-0.3, -0.25) is 0 Å². The van der Waals surface area contributed by atoms with Crippen molar-refractivity contribution in [3.8, 4) is 0 Å². The minimum Gasteiger partial charge on any atom is -0.469 e. The van der Waals surface area contributed by atoms with Crippen LogP contribution < -0.4 is 0 Å². The number of aliphatic hydroxyl groups excluding tert-OH is 1. The van der Waals surface area contributed by atoms with Gasteiger partial charge >= 0.3 is 0 Å². The number of furan rings is 1. The van der Waals surface area contributed by atoms with Crippen molar-refractivity contribution in [1.82, 2.24) is 0 Å². The minimum absolute atomic E-state index is 0.595. The maximum absolute atomic E-state index is 10.1. The molecule has 1 aromatic carbocycles. The fourth-order valence-electron chi connectivity index (χ4n) is 1.64. The largest absolute Gasteiger partial charge is 0.469 e. The van der Waals surface area contributed by atoms with Crippen molar-refractivity contribution in [3.05, 3.63) is 59.0 Å². The molecule has 1 aromatic heterocycles. The van der Waals surface area contributed by atoms with E-state index in [2.05, 4.69) is 0 Å². The molecular formula is C13H14O2. The molecule has 0 radical (unpaired) electrons. The smallest absolute Gasteiger partial charge is 0.107 e.